The molecule has 0 saturated carbocycles. The second-order valence-corrected chi connectivity index (χ2v) is 6.51. The van der Waals surface area contributed by atoms with Gasteiger partial charge in [-0.15, -0.1) is 11.3 Å². The monoisotopic (exact) mass is 316 g/mol. The standard InChI is InChI=1S/C17H17ClN2S/c1-2-9-19-11-12-5-8-16(21-12)14-6-7-15(18)13-4-3-10-20-17(13)14/h3-8,10,19H,2,9,11H2,1H3. The Morgan fingerprint density at radius 3 is 2.95 bits per heavy atom. The average molecular weight is 317 g/mol. The molecule has 2 aromatic heterocycles. The van der Waals surface area contributed by atoms with E-state index in [-0.39, 0.29) is 0 Å². The van der Waals surface area contributed by atoms with Gasteiger partial charge in [0, 0.05) is 33.4 Å². The molecule has 21 heavy (non-hydrogen) atoms. The van der Waals surface area contributed by atoms with E-state index in [1.165, 1.54) is 9.75 Å². The maximum atomic E-state index is 6.26. The van der Waals surface area contributed by atoms with Crippen LogP contribution in [0.25, 0.3) is 21.3 Å². The summed E-state index contributed by atoms with van der Waals surface area (Å²) in [6.07, 6.45) is 2.98. The second-order valence-electron chi connectivity index (χ2n) is 4.94. The van der Waals surface area contributed by atoms with Gasteiger partial charge in [-0.25, -0.2) is 0 Å². The van der Waals surface area contributed by atoms with Crippen LogP contribution < -0.4 is 5.32 Å². The maximum Gasteiger partial charge on any atom is 0.0803 e. The van der Waals surface area contributed by atoms with Crippen molar-refractivity contribution in [3.8, 4) is 10.4 Å². The quantitative estimate of drug-likeness (QED) is 0.661. The van der Waals surface area contributed by atoms with Gasteiger partial charge in [-0.05, 0) is 49.4 Å². The fourth-order valence-corrected chi connectivity index (χ4v) is 3.56. The molecule has 0 amide bonds. The molecule has 3 rings (SSSR count). The topological polar surface area (TPSA) is 24.9 Å². The van der Waals surface area contributed by atoms with Gasteiger partial charge in [-0.1, -0.05) is 18.5 Å². The van der Waals surface area contributed by atoms with Crippen LogP contribution in [0.15, 0.2) is 42.6 Å². The SMILES string of the molecule is CCCNCc1ccc(-c2ccc(Cl)c3cccnc23)s1. The highest BCUT2D eigenvalue weighted by atomic mass is 35.5. The largest absolute Gasteiger partial charge is 0.312 e. The van der Waals surface area contributed by atoms with Crippen molar-refractivity contribution in [1.29, 1.82) is 0 Å². The number of aromatic nitrogens is 1. The molecule has 0 aliphatic heterocycles. The Bertz CT molecular complexity index is 751. The summed E-state index contributed by atoms with van der Waals surface area (Å²) in [5.41, 5.74) is 2.13. The van der Waals surface area contributed by atoms with E-state index < -0.39 is 0 Å². The zero-order chi connectivity index (χ0) is 14.7. The maximum absolute atomic E-state index is 6.26. The first-order valence-electron chi connectivity index (χ1n) is 7.12. The molecular formula is C17H17ClN2S. The summed E-state index contributed by atoms with van der Waals surface area (Å²) >= 11 is 8.07. The Balaban J connectivity index is 1.96. The van der Waals surface area contributed by atoms with Crippen molar-refractivity contribution in [2.45, 2.75) is 19.9 Å². The summed E-state index contributed by atoms with van der Waals surface area (Å²) in [6, 6.07) is 12.3. The van der Waals surface area contributed by atoms with Crippen LogP contribution in [0.2, 0.25) is 5.02 Å². The van der Waals surface area contributed by atoms with Crippen LogP contribution in [0.1, 0.15) is 18.2 Å². The van der Waals surface area contributed by atoms with Crippen LogP contribution in [0.5, 0.6) is 0 Å². The normalized spacial score (nSPS) is 11.1. The van der Waals surface area contributed by atoms with E-state index in [0.29, 0.717) is 0 Å². The van der Waals surface area contributed by atoms with E-state index >= 15 is 0 Å². The van der Waals surface area contributed by atoms with Crippen LogP contribution >= 0.6 is 22.9 Å². The molecular weight excluding hydrogens is 300 g/mol. The highest BCUT2D eigenvalue weighted by molar-refractivity contribution is 7.15. The van der Waals surface area contributed by atoms with E-state index in [2.05, 4.69) is 35.4 Å². The second kappa shape index (κ2) is 6.56. The molecule has 0 aliphatic rings. The van der Waals surface area contributed by atoms with Gasteiger partial charge in [0.05, 0.1) is 10.5 Å². The molecule has 2 nitrogen and oxygen atoms in total. The third-order valence-corrected chi connectivity index (χ3v) is 4.82. The third kappa shape index (κ3) is 3.10. The Morgan fingerprint density at radius 2 is 2.10 bits per heavy atom. The first-order valence-corrected chi connectivity index (χ1v) is 8.32. The molecule has 0 atom stereocenters. The molecule has 0 fully saturated rings. The van der Waals surface area contributed by atoms with Crippen molar-refractivity contribution in [2.24, 2.45) is 0 Å². The number of halogens is 1. The Morgan fingerprint density at radius 1 is 1.19 bits per heavy atom. The first kappa shape index (κ1) is 14.5. The molecule has 0 saturated heterocycles. The van der Waals surface area contributed by atoms with Crippen LogP contribution in [0, 0.1) is 0 Å². The van der Waals surface area contributed by atoms with Crippen molar-refractivity contribution >= 4 is 33.8 Å². The summed E-state index contributed by atoms with van der Waals surface area (Å²) < 4.78 is 0. The summed E-state index contributed by atoms with van der Waals surface area (Å²) in [5, 5.41) is 5.20. The van der Waals surface area contributed by atoms with E-state index in [0.717, 1.165) is 41.0 Å². The van der Waals surface area contributed by atoms with Gasteiger partial charge in [0.25, 0.3) is 0 Å². The molecule has 1 N–H and O–H groups in total. The molecule has 1 aromatic carbocycles. The number of hydrogen-bond acceptors (Lipinski definition) is 3. The highest BCUT2D eigenvalue weighted by Crippen LogP contribution is 2.35. The summed E-state index contributed by atoms with van der Waals surface area (Å²) in [4.78, 5) is 7.09. The lowest BCUT2D eigenvalue weighted by molar-refractivity contribution is 0.681. The summed E-state index contributed by atoms with van der Waals surface area (Å²) in [7, 11) is 0. The lowest BCUT2D eigenvalue weighted by atomic mass is 10.1. The molecule has 0 aliphatic carbocycles. The minimum absolute atomic E-state index is 0.753. The fraction of sp³-hybridized carbons (Fsp3) is 0.235. The van der Waals surface area contributed by atoms with Crippen molar-refractivity contribution in [3.63, 3.8) is 0 Å². The number of hydrogen-bond donors (Lipinski definition) is 1. The number of nitrogens with one attached hydrogen (secondary N) is 1. The van der Waals surface area contributed by atoms with Crippen molar-refractivity contribution < 1.29 is 0 Å². The Kier molecular flexibility index (Phi) is 4.54. The van der Waals surface area contributed by atoms with Gasteiger partial charge in [0.2, 0.25) is 0 Å². The lowest BCUT2D eigenvalue weighted by Gasteiger charge is -2.05. The summed E-state index contributed by atoms with van der Waals surface area (Å²) in [6.45, 7) is 4.16. The number of fused-ring (bicyclic) bond motifs is 1. The van der Waals surface area contributed by atoms with Gasteiger partial charge < -0.3 is 5.32 Å². The number of nitrogens with zero attached hydrogens (tertiary/aromatic N) is 1. The molecule has 0 bridgehead atoms. The molecule has 0 radical (unpaired) electrons. The van der Waals surface area contributed by atoms with Gasteiger partial charge in [0.15, 0.2) is 0 Å². The first-order chi connectivity index (χ1) is 10.3. The van der Waals surface area contributed by atoms with Crippen LogP contribution in [0.3, 0.4) is 0 Å². The average Bonchev–Trinajstić information content (AvgIpc) is 2.97. The molecule has 4 heteroatoms. The minimum Gasteiger partial charge on any atom is -0.312 e. The van der Waals surface area contributed by atoms with E-state index in [1.807, 2.05) is 35.7 Å². The lowest BCUT2D eigenvalue weighted by Crippen LogP contribution is -2.12. The Labute approximate surface area is 133 Å². The van der Waals surface area contributed by atoms with Crippen LogP contribution in [-0.4, -0.2) is 11.5 Å². The minimum atomic E-state index is 0.753. The zero-order valence-electron chi connectivity index (χ0n) is 11.9. The van der Waals surface area contributed by atoms with Crippen LogP contribution in [-0.2, 0) is 6.54 Å². The van der Waals surface area contributed by atoms with E-state index in [1.54, 1.807) is 0 Å². The van der Waals surface area contributed by atoms with Gasteiger partial charge >= 0.3 is 0 Å². The predicted molar refractivity (Wildman–Crippen MR) is 92.1 cm³/mol. The predicted octanol–water partition coefficient (Wildman–Crippen LogP) is 5.12. The van der Waals surface area contributed by atoms with E-state index in [4.69, 9.17) is 11.6 Å². The number of benzene rings is 1. The van der Waals surface area contributed by atoms with Crippen molar-refractivity contribution in [2.75, 3.05) is 6.54 Å². The van der Waals surface area contributed by atoms with E-state index in [9.17, 15) is 0 Å². The highest BCUT2D eigenvalue weighted by Gasteiger charge is 2.10. The number of thiophene rings is 1. The van der Waals surface area contributed by atoms with Crippen molar-refractivity contribution in [1.82, 2.24) is 10.3 Å². The molecule has 3 aromatic rings. The van der Waals surface area contributed by atoms with Crippen molar-refractivity contribution in [3.05, 3.63) is 52.5 Å². The molecule has 0 unspecified atom stereocenters. The molecule has 2 heterocycles. The third-order valence-electron chi connectivity index (χ3n) is 3.37. The smallest absolute Gasteiger partial charge is 0.0803 e. The fourth-order valence-electron chi connectivity index (χ4n) is 2.34. The van der Waals surface area contributed by atoms with Gasteiger partial charge in [-0.2, -0.15) is 0 Å². The molecule has 0 spiro atoms. The zero-order valence-corrected chi connectivity index (χ0v) is 13.5. The van der Waals surface area contributed by atoms with Gasteiger partial charge in [0.1, 0.15) is 0 Å². The summed E-state index contributed by atoms with van der Waals surface area (Å²) in [5.74, 6) is 0. The molecule has 108 valence electrons. The number of rotatable bonds is 5. The van der Waals surface area contributed by atoms with Crippen LogP contribution in [0.4, 0.5) is 0 Å². The number of pyridine rings is 1. The Hall–Kier alpha value is -1.42. The van der Waals surface area contributed by atoms with Gasteiger partial charge in [-0.3, -0.25) is 4.98 Å².